The second kappa shape index (κ2) is 11.1. The third kappa shape index (κ3) is 5.87. The Balaban J connectivity index is 1.09. The Morgan fingerprint density at radius 2 is 1.89 bits per heavy atom. The van der Waals surface area contributed by atoms with E-state index in [1.54, 1.807) is 11.3 Å². The molecule has 0 saturated heterocycles. The number of benzene rings is 2. The van der Waals surface area contributed by atoms with E-state index in [0.29, 0.717) is 12.1 Å². The summed E-state index contributed by atoms with van der Waals surface area (Å²) in [5, 5.41) is 6.32. The van der Waals surface area contributed by atoms with Crippen molar-refractivity contribution in [1.29, 1.82) is 0 Å². The maximum Gasteiger partial charge on any atom is 0.251 e. The van der Waals surface area contributed by atoms with E-state index in [1.165, 1.54) is 61.2 Å². The van der Waals surface area contributed by atoms with E-state index in [0.717, 1.165) is 47.7 Å². The number of anilines is 1. The first kappa shape index (κ1) is 24.3. The molecular weight excluding hydrogens is 452 g/mol. The van der Waals surface area contributed by atoms with Crippen molar-refractivity contribution in [2.75, 3.05) is 18.8 Å². The number of hydrogen-bond acceptors (Lipinski definition) is 5. The number of nitrogens with zero attached hydrogens (tertiary/aromatic N) is 2. The van der Waals surface area contributed by atoms with Crippen molar-refractivity contribution in [3.05, 3.63) is 58.6 Å². The Morgan fingerprint density at radius 1 is 1.09 bits per heavy atom. The number of aromatic nitrogens is 1. The van der Waals surface area contributed by atoms with E-state index < -0.39 is 0 Å². The van der Waals surface area contributed by atoms with Crippen LogP contribution in [0.25, 0.3) is 10.8 Å². The zero-order chi connectivity index (χ0) is 24.2. The minimum Gasteiger partial charge on any atom is -0.375 e. The zero-order valence-corrected chi connectivity index (χ0v) is 21.7. The molecule has 35 heavy (non-hydrogen) atoms. The first-order chi connectivity index (χ1) is 17.1. The van der Waals surface area contributed by atoms with Crippen LogP contribution in [-0.2, 0) is 12.8 Å². The van der Waals surface area contributed by atoms with Crippen molar-refractivity contribution in [2.24, 2.45) is 5.92 Å². The van der Waals surface area contributed by atoms with Crippen molar-refractivity contribution in [3.63, 3.8) is 0 Å². The molecule has 1 amide bonds. The lowest BCUT2D eigenvalue weighted by molar-refractivity contribution is 0.0918. The highest BCUT2D eigenvalue weighted by Gasteiger charge is 2.28. The SMILES string of the molecule is CCCN(CCC1CCC(NC(=O)c2ccc3ccccc3c2)CC1)C1CCc2nc(N)sc2C1. The van der Waals surface area contributed by atoms with Crippen molar-refractivity contribution < 1.29 is 4.79 Å². The fraction of sp³-hybridized carbons (Fsp3) is 0.517. The number of nitrogens with one attached hydrogen (secondary N) is 1. The molecule has 3 aromatic rings. The molecule has 186 valence electrons. The Kier molecular flexibility index (Phi) is 7.69. The number of nitrogens with two attached hydrogens (primary N) is 1. The molecule has 1 saturated carbocycles. The van der Waals surface area contributed by atoms with Gasteiger partial charge >= 0.3 is 0 Å². The van der Waals surface area contributed by atoms with Crippen LogP contribution in [0.1, 0.15) is 72.8 Å². The lowest BCUT2D eigenvalue weighted by atomic mass is 9.83. The minimum absolute atomic E-state index is 0.0636. The first-order valence-corrected chi connectivity index (χ1v) is 14.2. The molecule has 2 aliphatic carbocycles. The molecule has 1 fully saturated rings. The van der Waals surface area contributed by atoms with Gasteiger partial charge in [0.1, 0.15) is 0 Å². The van der Waals surface area contributed by atoms with Crippen molar-refractivity contribution in [1.82, 2.24) is 15.2 Å². The van der Waals surface area contributed by atoms with E-state index in [2.05, 4.69) is 34.3 Å². The molecule has 5 rings (SSSR count). The average molecular weight is 491 g/mol. The highest BCUT2D eigenvalue weighted by molar-refractivity contribution is 7.15. The van der Waals surface area contributed by atoms with Gasteiger partial charge in [0, 0.05) is 22.5 Å². The Hall–Kier alpha value is -2.44. The normalized spacial score (nSPS) is 22.3. The van der Waals surface area contributed by atoms with Crippen LogP contribution in [0.3, 0.4) is 0 Å². The first-order valence-electron chi connectivity index (χ1n) is 13.4. The predicted molar refractivity (Wildman–Crippen MR) is 146 cm³/mol. The number of thiazole rings is 1. The third-order valence-electron chi connectivity index (χ3n) is 7.98. The Bertz CT molecular complexity index is 1150. The number of amides is 1. The van der Waals surface area contributed by atoms with Crippen LogP contribution in [0, 0.1) is 5.92 Å². The molecule has 3 N–H and O–H groups in total. The minimum atomic E-state index is 0.0636. The van der Waals surface area contributed by atoms with Crippen LogP contribution >= 0.6 is 11.3 Å². The fourth-order valence-electron chi connectivity index (χ4n) is 6.00. The predicted octanol–water partition coefficient (Wildman–Crippen LogP) is 5.83. The monoisotopic (exact) mass is 490 g/mol. The lowest BCUT2D eigenvalue weighted by Gasteiger charge is -2.36. The largest absolute Gasteiger partial charge is 0.375 e. The summed E-state index contributed by atoms with van der Waals surface area (Å²) in [4.78, 5) is 21.5. The molecule has 0 spiro atoms. The van der Waals surface area contributed by atoms with Crippen LogP contribution in [0.2, 0.25) is 0 Å². The summed E-state index contributed by atoms with van der Waals surface area (Å²) in [5.41, 5.74) is 7.96. The van der Waals surface area contributed by atoms with Gasteiger partial charge in [-0.3, -0.25) is 4.79 Å². The van der Waals surface area contributed by atoms with Crippen LogP contribution in [0.4, 0.5) is 5.13 Å². The Labute approximate surface area is 213 Å². The maximum atomic E-state index is 12.9. The highest BCUT2D eigenvalue weighted by Crippen LogP contribution is 2.32. The summed E-state index contributed by atoms with van der Waals surface area (Å²) in [6.07, 6.45) is 10.4. The second-order valence-electron chi connectivity index (χ2n) is 10.4. The summed E-state index contributed by atoms with van der Waals surface area (Å²) in [5.74, 6) is 0.829. The van der Waals surface area contributed by atoms with Gasteiger partial charge in [0.05, 0.1) is 5.69 Å². The molecule has 1 atom stereocenters. The van der Waals surface area contributed by atoms with Crippen molar-refractivity contribution in [2.45, 2.75) is 76.8 Å². The third-order valence-corrected chi connectivity index (χ3v) is 8.92. The smallest absolute Gasteiger partial charge is 0.251 e. The fourth-order valence-corrected chi connectivity index (χ4v) is 6.95. The average Bonchev–Trinajstić information content (AvgIpc) is 3.26. The maximum absolute atomic E-state index is 12.9. The number of fused-ring (bicyclic) bond motifs is 2. The van der Waals surface area contributed by atoms with Gasteiger partial charge in [0.25, 0.3) is 5.91 Å². The number of carbonyl (C=O) groups is 1. The van der Waals surface area contributed by atoms with E-state index in [1.807, 2.05) is 30.3 Å². The molecule has 0 bridgehead atoms. The van der Waals surface area contributed by atoms with E-state index in [9.17, 15) is 4.79 Å². The van der Waals surface area contributed by atoms with Crippen molar-refractivity contribution in [3.8, 4) is 0 Å². The van der Waals surface area contributed by atoms with Crippen LogP contribution in [0.15, 0.2) is 42.5 Å². The summed E-state index contributed by atoms with van der Waals surface area (Å²) in [6.45, 7) is 4.64. The number of carbonyl (C=O) groups excluding carboxylic acids is 1. The number of nitrogen functional groups attached to an aromatic ring is 1. The van der Waals surface area contributed by atoms with Crippen LogP contribution in [0.5, 0.6) is 0 Å². The summed E-state index contributed by atoms with van der Waals surface area (Å²) >= 11 is 1.68. The molecule has 6 heteroatoms. The molecule has 1 aromatic heterocycles. The summed E-state index contributed by atoms with van der Waals surface area (Å²) in [7, 11) is 0. The molecular formula is C29H38N4OS. The second-order valence-corrected chi connectivity index (χ2v) is 11.5. The van der Waals surface area contributed by atoms with Crippen LogP contribution < -0.4 is 11.1 Å². The molecule has 5 nitrogen and oxygen atoms in total. The standard InChI is InChI=1S/C29H38N4OS/c1-2-16-33(25-13-14-26-27(19-25)35-29(30)32-26)17-15-20-7-11-24(12-8-20)31-28(34)23-10-9-21-5-3-4-6-22(21)18-23/h3-6,9-10,18,20,24-25H,2,7-8,11-17,19H2,1H3,(H2,30,32)(H,31,34). The zero-order valence-electron chi connectivity index (χ0n) is 20.8. The molecule has 2 aromatic carbocycles. The summed E-state index contributed by atoms with van der Waals surface area (Å²) in [6, 6.07) is 15.1. The van der Waals surface area contributed by atoms with E-state index >= 15 is 0 Å². The van der Waals surface area contributed by atoms with Gasteiger partial charge in [0.15, 0.2) is 5.13 Å². The quantitative estimate of drug-likeness (QED) is 0.417. The number of hydrogen-bond donors (Lipinski definition) is 2. The highest BCUT2D eigenvalue weighted by atomic mass is 32.1. The van der Waals surface area contributed by atoms with E-state index in [4.69, 9.17) is 5.73 Å². The molecule has 2 aliphatic rings. The molecule has 0 aliphatic heterocycles. The topological polar surface area (TPSA) is 71.2 Å². The van der Waals surface area contributed by atoms with Crippen molar-refractivity contribution >= 4 is 33.1 Å². The van der Waals surface area contributed by atoms with Gasteiger partial charge in [-0.25, -0.2) is 4.98 Å². The van der Waals surface area contributed by atoms with Gasteiger partial charge in [-0.05, 0) is 99.7 Å². The lowest BCUT2D eigenvalue weighted by Crippen LogP contribution is -2.41. The van der Waals surface area contributed by atoms with E-state index in [-0.39, 0.29) is 5.91 Å². The van der Waals surface area contributed by atoms with Gasteiger partial charge in [-0.15, -0.1) is 11.3 Å². The van der Waals surface area contributed by atoms with Gasteiger partial charge in [0.2, 0.25) is 0 Å². The summed E-state index contributed by atoms with van der Waals surface area (Å²) < 4.78 is 0. The molecule has 1 heterocycles. The van der Waals surface area contributed by atoms with Crippen LogP contribution in [-0.4, -0.2) is 41.0 Å². The van der Waals surface area contributed by atoms with Gasteiger partial charge in [-0.1, -0.05) is 37.3 Å². The Morgan fingerprint density at radius 3 is 2.69 bits per heavy atom. The van der Waals surface area contributed by atoms with Gasteiger partial charge < -0.3 is 16.0 Å². The van der Waals surface area contributed by atoms with Gasteiger partial charge in [-0.2, -0.15) is 0 Å². The number of rotatable bonds is 8. The molecule has 1 unspecified atom stereocenters. The number of aryl methyl sites for hydroxylation is 1. The molecule has 0 radical (unpaired) electrons.